The van der Waals surface area contributed by atoms with Crippen molar-refractivity contribution in [3.63, 3.8) is 0 Å². The van der Waals surface area contributed by atoms with E-state index >= 15 is 0 Å². The van der Waals surface area contributed by atoms with Gasteiger partial charge in [0.05, 0.1) is 24.0 Å². The molecule has 0 saturated carbocycles. The van der Waals surface area contributed by atoms with Gasteiger partial charge in [-0.2, -0.15) is 4.98 Å². The molecule has 9 heteroatoms. The molecular weight excluding hydrogens is 464 g/mol. The number of para-hydroxylation sites is 2. The van der Waals surface area contributed by atoms with Crippen molar-refractivity contribution >= 4 is 29.0 Å². The lowest BCUT2D eigenvalue weighted by Gasteiger charge is -2.23. The number of benzene rings is 3. The Morgan fingerprint density at radius 3 is 2.08 bits per heavy atom. The van der Waals surface area contributed by atoms with Crippen LogP contribution in [0.25, 0.3) is 11.3 Å². The second-order valence-corrected chi connectivity index (χ2v) is 8.45. The molecule has 184 valence electrons. The average molecular weight is 491 g/mol. The molecular formula is C28H26N8O. The second kappa shape index (κ2) is 10.3. The summed E-state index contributed by atoms with van der Waals surface area (Å²) in [5.41, 5.74) is 16.9. The molecule has 0 aliphatic heterocycles. The Morgan fingerprint density at radius 1 is 0.865 bits per heavy atom. The standard InChI is InChI=1S/C28H26N8O/c1-2-23-25(26(29)32-28(30)31-23)24-18-35(34-33-24)17-19-13-15-20(16-14-19)27(37)36(21-9-5-3-6-10-21)22-11-7-4-8-12-22/h3-16,18H,2,17H2,1H3,(H4,29,30,31,32). The molecule has 2 heterocycles. The number of hydrogen-bond acceptors (Lipinski definition) is 7. The van der Waals surface area contributed by atoms with E-state index in [1.165, 1.54) is 0 Å². The van der Waals surface area contributed by atoms with E-state index in [0.29, 0.717) is 29.8 Å². The topological polar surface area (TPSA) is 129 Å². The number of rotatable bonds is 7. The lowest BCUT2D eigenvalue weighted by atomic mass is 10.1. The van der Waals surface area contributed by atoms with Crippen molar-refractivity contribution in [2.24, 2.45) is 0 Å². The van der Waals surface area contributed by atoms with Gasteiger partial charge in [-0.1, -0.05) is 60.7 Å². The van der Waals surface area contributed by atoms with Crippen LogP contribution in [0.5, 0.6) is 0 Å². The van der Waals surface area contributed by atoms with Gasteiger partial charge in [0.1, 0.15) is 11.5 Å². The van der Waals surface area contributed by atoms with Crippen LogP contribution in [0.2, 0.25) is 0 Å². The van der Waals surface area contributed by atoms with Crippen LogP contribution in [-0.2, 0) is 13.0 Å². The summed E-state index contributed by atoms with van der Waals surface area (Å²) in [6.07, 6.45) is 2.44. The predicted octanol–water partition coefficient (Wildman–Crippen LogP) is 4.49. The van der Waals surface area contributed by atoms with Gasteiger partial charge in [0.25, 0.3) is 5.91 Å². The number of anilines is 4. The minimum absolute atomic E-state index is 0.113. The van der Waals surface area contributed by atoms with Gasteiger partial charge in [-0.25, -0.2) is 9.67 Å². The van der Waals surface area contributed by atoms with Gasteiger partial charge < -0.3 is 11.5 Å². The molecule has 4 N–H and O–H groups in total. The molecule has 0 spiro atoms. The molecule has 0 aliphatic rings. The molecule has 5 rings (SSSR count). The maximum absolute atomic E-state index is 13.6. The van der Waals surface area contributed by atoms with Crippen LogP contribution < -0.4 is 16.4 Å². The fourth-order valence-electron chi connectivity index (χ4n) is 4.18. The highest BCUT2D eigenvalue weighted by Crippen LogP contribution is 2.28. The Morgan fingerprint density at radius 2 is 1.49 bits per heavy atom. The van der Waals surface area contributed by atoms with E-state index < -0.39 is 0 Å². The molecule has 37 heavy (non-hydrogen) atoms. The van der Waals surface area contributed by atoms with Crippen molar-refractivity contribution in [3.8, 4) is 11.3 Å². The van der Waals surface area contributed by atoms with Crippen molar-refractivity contribution in [2.75, 3.05) is 16.4 Å². The second-order valence-electron chi connectivity index (χ2n) is 8.45. The number of carbonyl (C=O) groups excluding carboxylic acids is 1. The Hall–Kier alpha value is -5.05. The summed E-state index contributed by atoms with van der Waals surface area (Å²) in [6.45, 7) is 2.44. The lowest BCUT2D eigenvalue weighted by molar-refractivity contribution is 0.0999. The summed E-state index contributed by atoms with van der Waals surface area (Å²) < 4.78 is 1.71. The highest BCUT2D eigenvalue weighted by molar-refractivity contribution is 6.10. The maximum atomic E-state index is 13.6. The smallest absolute Gasteiger partial charge is 0.262 e. The van der Waals surface area contributed by atoms with Crippen LogP contribution in [0.4, 0.5) is 23.1 Å². The van der Waals surface area contributed by atoms with Crippen molar-refractivity contribution < 1.29 is 4.79 Å². The van der Waals surface area contributed by atoms with Crippen LogP contribution in [0, 0.1) is 0 Å². The Kier molecular flexibility index (Phi) is 6.58. The first-order chi connectivity index (χ1) is 18.0. The van der Waals surface area contributed by atoms with Gasteiger partial charge in [-0.05, 0) is 48.4 Å². The quantitative estimate of drug-likeness (QED) is 0.344. The zero-order valence-electron chi connectivity index (χ0n) is 20.3. The lowest BCUT2D eigenvalue weighted by Crippen LogP contribution is -2.25. The highest BCUT2D eigenvalue weighted by Gasteiger charge is 2.20. The molecule has 0 aliphatic carbocycles. The number of aryl methyl sites for hydroxylation is 1. The number of carbonyl (C=O) groups is 1. The minimum Gasteiger partial charge on any atom is -0.383 e. The number of nitrogen functional groups attached to an aromatic ring is 2. The van der Waals surface area contributed by atoms with E-state index in [9.17, 15) is 4.79 Å². The molecule has 0 fully saturated rings. The van der Waals surface area contributed by atoms with E-state index in [4.69, 9.17) is 11.5 Å². The molecule has 0 atom stereocenters. The first-order valence-corrected chi connectivity index (χ1v) is 11.9. The normalized spacial score (nSPS) is 10.8. The highest BCUT2D eigenvalue weighted by atomic mass is 16.2. The molecule has 9 nitrogen and oxygen atoms in total. The molecule has 0 saturated heterocycles. The van der Waals surface area contributed by atoms with E-state index in [-0.39, 0.29) is 17.7 Å². The van der Waals surface area contributed by atoms with Crippen molar-refractivity contribution in [1.29, 1.82) is 0 Å². The summed E-state index contributed by atoms with van der Waals surface area (Å²) in [7, 11) is 0. The third-order valence-corrected chi connectivity index (χ3v) is 5.94. The largest absolute Gasteiger partial charge is 0.383 e. The van der Waals surface area contributed by atoms with Crippen LogP contribution in [-0.4, -0.2) is 30.9 Å². The zero-order chi connectivity index (χ0) is 25.8. The first kappa shape index (κ1) is 23.7. The van der Waals surface area contributed by atoms with Crippen LogP contribution in [0.15, 0.2) is 91.1 Å². The molecule has 2 aromatic heterocycles. The van der Waals surface area contributed by atoms with Crippen LogP contribution in [0.1, 0.15) is 28.5 Å². The number of amides is 1. The number of aromatic nitrogens is 5. The fraction of sp³-hybridized carbons (Fsp3) is 0.107. The maximum Gasteiger partial charge on any atom is 0.262 e. The molecule has 3 aromatic carbocycles. The van der Waals surface area contributed by atoms with E-state index in [1.54, 1.807) is 15.8 Å². The summed E-state index contributed by atoms with van der Waals surface area (Å²) in [6, 6.07) is 26.7. The molecule has 0 radical (unpaired) electrons. The summed E-state index contributed by atoms with van der Waals surface area (Å²) in [5.74, 6) is 0.303. The third kappa shape index (κ3) is 5.01. The Labute approximate surface area is 214 Å². The number of hydrogen-bond donors (Lipinski definition) is 2. The molecule has 0 unspecified atom stereocenters. The predicted molar refractivity (Wildman–Crippen MR) is 144 cm³/mol. The number of nitrogens with two attached hydrogens (primary N) is 2. The van der Waals surface area contributed by atoms with Gasteiger partial charge in [0.2, 0.25) is 5.95 Å². The fourth-order valence-corrected chi connectivity index (χ4v) is 4.18. The minimum atomic E-state index is -0.113. The summed E-state index contributed by atoms with van der Waals surface area (Å²) >= 11 is 0. The molecule has 1 amide bonds. The van der Waals surface area contributed by atoms with Crippen molar-refractivity contribution in [3.05, 3.63) is 108 Å². The summed E-state index contributed by atoms with van der Waals surface area (Å²) in [5, 5.41) is 8.51. The third-order valence-electron chi connectivity index (χ3n) is 5.94. The zero-order valence-corrected chi connectivity index (χ0v) is 20.3. The SMILES string of the molecule is CCc1nc(N)nc(N)c1-c1cn(Cc2ccc(C(=O)N(c3ccccc3)c3ccccc3)cc2)nn1. The summed E-state index contributed by atoms with van der Waals surface area (Å²) in [4.78, 5) is 23.6. The van der Waals surface area contributed by atoms with Gasteiger partial charge in [0, 0.05) is 16.9 Å². The van der Waals surface area contributed by atoms with E-state index in [0.717, 1.165) is 22.6 Å². The Balaban J connectivity index is 1.37. The number of nitrogens with zero attached hydrogens (tertiary/aromatic N) is 6. The van der Waals surface area contributed by atoms with Crippen molar-refractivity contribution in [1.82, 2.24) is 25.0 Å². The monoisotopic (exact) mass is 490 g/mol. The van der Waals surface area contributed by atoms with Crippen LogP contribution in [0.3, 0.4) is 0 Å². The average Bonchev–Trinajstić information content (AvgIpc) is 3.37. The Bertz CT molecular complexity index is 1480. The molecule has 5 aromatic rings. The van der Waals surface area contributed by atoms with E-state index in [2.05, 4.69) is 20.3 Å². The van der Waals surface area contributed by atoms with Gasteiger partial charge >= 0.3 is 0 Å². The van der Waals surface area contributed by atoms with Crippen molar-refractivity contribution in [2.45, 2.75) is 19.9 Å². The molecule has 0 bridgehead atoms. The van der Waals surface area contributed by atoms with E-state index in [1.807, 2.05) is 91.9 Å². The van der Waals surface area contributed by atoms with Gasteiger partial charge in [-0.15, -0.1) is 5.10 Å². The van der Waals surface area contributed by atoms with Gasteiger partial charge in [-0.3, -0.25) is 9.69 Å². The van der Waals surface area contributed by atoms with Gasteiger partial charge in [0.15, 0.2) is 0 Å². The van der Waals surface area contributed by atoms with Crippen LogP contribution >= 0.6 is 0 Å². The first-order valence-electron chi connectivity index (χ1n) is 11.9.